The lowest BCUT2D eigenvalue weighted by Crippen LogP contribution is -2.24. The van der Waals surface area contributed by atoms with Gasteiger partial charge < -0.3 is 4.90 Å². The van der Waals surface area contributed by atoms with E-state index >= 15 is 0 Å². The van der Waals surface area contributed by atoms with Crippen LogP contribution in [0.3, 0.4) is 0 Å². The highest BCUT2D eigenvalue weighted by molar-refractivity contribution is 6.28. The fourth-order valence-electron chi connectivity index (χ4n) is 3.41. The van der Waals surface area contributed by atoms with Crippen LogP contribution in [0.25, 0.3) is 11.0 Å². The summed E-state index contributed by atoms with van der Waals surface area (Å²) in [5.41, 5.74) is 2.37. The quantitative estimate of drug-likeness (QED) is 0.626. The average molecular weight is 361 g/mol. The molecule has 25 heavy (non-hydrogen) atoms. The number of hydrogen-bond acceptors (Lipinski definition) is 4. The third-order valence-corrected chi connectivity index (χ3v) is 4.71. The molecule has 2 aromatic heterocycles. The van der Waals surface area contributed by atoms with E-state index in [1.807, 2.05) is 24.0 Å². The zero-order valence-electron chi connectivity index (χ0n) is 13.5. The van der Waals surface area contributed by atoms with Crippen LogP contribution in [0.2, 0.25) is 5.28 Å². The smallest absolute Gasteiger partial charge is 0.223 e. The van der Waals surface area contributed by atoms with Crippen molar-refractivity contribution in [1.29, 1.82) is 0 Å². The van der Waals surface area contributed by atoms with E-state index in [0.717, 1.165) is 25.5 Å². The van der Waals surface area contributed by atoms with Gasteiger partial charge in [-0.05, 0) is 61.7 Å². The summed E-state index contributed by atoms with van der Waals surface area (Å²) in [6, 6.07) is 7.00. The van der Waals surface area contributed by atoms with Crippen LogP contribution >= 0.6 is 11.6 Å². The number of halogens is 3. The summed E-state index contributed by atoms with van der Waals surface area (Å²) in [5, 5.41) is 0.181. The minimum atomic E-state index is -0.436. The van der Waals surface area contributed by atoms with Crippen molar-refractivity contribution in [3.05, 3.63) is 58.5 Å². The molecule has 1 atom stereocenters. The fraction of sp³-hybridized carbons (Fsp3) is 0.278. The van der Waals surface area contributed by atoms with Crippen molar-refractivity contribution >= 4 is 28.5 Å². The largest absolute Gasteiger partial charge is 0.349 e. The zero-order chi connectivity index (χ0) is 17.6. The summed E-state index contributed by atoms with van der Waals surface area (Å²) in [7, 11) is 0. The lowest BCUT2D eigenvalue weighted by molar-refractivity contribution is 0.560. The highest BCUT2D eigenvalue weighted by Gasteiger charge is 2.29. The second-order valence-corrected chi connectivity index (χ2v) is 6.47. The van der Waals surface area contributed by atoms with Gasteiger partial charge in [0.15, 0.2) is 0 Å². The lowest BCUT2D eigenvalue weighted by atomic mass is 10.0. The Kier molecular flexibility index (Phi) is 4.00. The van der Waals surface area contributed by atoms with Crippen molar-refractivity contribution in [2.24, 2.45) is 0 Å². The lowest BCUT2D eigenvalue weighted by Gasteiger charge is -2.26. The minimum absolute atomic E-state index is 0.181. The number of anilines is 1. The van der Waals surface area contributed by atoms with E-state index in [-0.39, 0.29) is 11.3 Å². The maximum atomic E-state index is 14.2. The second-order valence-electron chi connectivity index (χ2n) is 6.13. The molecule has 4 nitrogen and oxygen atoms in total. The molecule has 1 fully saturated rings. The summed E-state index contributed by atoms with van der Waals surface area (Å²) < 4.78 is 27.8. The summed E-state index contributed by atoms with van der Waals surface area (Å²) >= 11 is 5.89. The molecule has 1 saturated heterocycles. The Morgan fingerprint density at radius 3 is 2.80 bits per heavy atom. The number of nitrogens with zero attached hydrogens (tertiary/aromatic N) is 4. The van der Waals surface area contributed by atoms with E-state index in [1.54, 1.807) is 0 Å². The molecule has 0 saturated carbocycles. The van der Waals surface area contributed by atoms with Crippen molar-refractivity contribution in [3.63, 3.8) is 0 Å². The molecule has 7 heteroatoms. The monoisotopic (exact) mass is 360 g/mol. The Morgan fingerprint density at radius 2 is 1.96 bits per heavy atom. The molecule has 3 aromatic rings. The van der Waals surface area contributed by atoms with Crippen LogP contribution in [0.1, 0.15) is 30.1 Å². The second kappa shape index (κ2) is 6.19. The molecular weight excluding hydrogens is 346 g/mol. The van der Waals surface area contributed by atoms with Gasteiger partial charge >= 0.3 is 0 Å². The third kappa shape index (κ3) is 2.91. The van der Waals surface area contributed by atoms with Gasteiger partial charge in [0.1, 0.15) is 23.0 Å². The normalized spacial score (nSPS) is 17.4. The standard InChI is InChI=1S/C18H15ClF2N4/c1-10-17-14(23-18(19)22-10)6-7-16(24-17)25-8-2-3-15(25)12-9-11(20)4-5-13(12)21/h4-7,9,15H,2-3,8H2,1H3. The molecule has 1 aromatic carbocycles. The third-order valence-electron chi connectivity index (χ3n) is 4.54. The Bertz CT molecular complexity index is 963. The summed E-state index contributed by atoms with van der Waals surface area (Å²) in [4.78, 5) is 15.0. The first-order valence-electron chi connectivity index (χ1n) is 8.05. The van der Waals surface area contributed by atoms with Gasteiger partial charge in [-0.15, -0.1) is 0 Å². The number of aryl methyl sites for hydroxylation is 1. The number of fused-ring (bicyclic) bond motifs is 1. The Hall–Kier alpha value is -2.34. The van der Waals surface area contributed by atoms with E-state index in [9.17, 15) is 8.78 Å². The van der Waals surface area contributed by atoms with Gasteiger partial charge in [-0.3, -0.25) is 0 Å². The highest BCUT2D eigenvalue weighted by atomic mass is 35.5. The number of rotatable bonds is 2. The van der Waals surface area contributed by atoms with E-state index in [4.69, 9.17) is 11.6 Å². The zero-order valence-corrected chi connectivity index (χ0v) is 14.3. The summed E-state index contributed by atoms with van der Waals surface area (Å²) in [5.74, 6) is -0.133. The molecule has 1 aliphatic heterocycles. The van der Waals surface area contributed by atoms with E-state index < -0.39 is 11.6 Å². The fourth-order valence-corrected chi connectivity index (χ4v) is 3.63. The van der Waals surface area contributed by atoms with Gasteiger partial charge in [0, 0.05) is 12.1 Å². The number of benzene rings is 1. The SMILES string of the molecule is Cc1nc(Cl)nc2ccc(N3CCCC3c3cc(F)ccc3F)nc12. The first kappa shape index (κ1) is 16.1. The first-order chi connectivity index (χ1) is 12.0. The van der Waals surface area contributed by atoms with Crippen LogP contribution in [0.15, 0.2) is 30.3 Å². The molecular formula is C18H15ClF2N4. The molecule has 4 rings (SSSR count). The molecule has 128 valence electrons. The molecule has 0 spiro atoms. The van der Waals surface area contributed by atoms with Gasteiger partial charge in [0.05, 0.1) is 17.3 Å². The number of aromatic nitrogens is 3. The van der Waals surface area contributed by atoms with Crippen molar-refractivity contribution < 1.29 is 8.78 Å². The summed E-state index contributed by atoms with van der Waals surface area (Å²) in [6.45, 7) is 2.55. The maximum absolute atomic E-state index is 14.2. The van der Waals surface area contributed by atoms with Crippen molar-refractivity contribution in [3.8, 4) is 0 Å². The van der Waals surface area contributed by atoms with Crippen LogP contribution in [-0.2, 0) is 0 Å². The molecule has 0 N–H and O–H groups in total. The molecule has 1 aliphatic rings. The average Bonchev–Trinajstić information content (AvgIpc) is 3.06. The first-order valence-corrected chi connectivity index (χ1v) is 8.43. The van der Waals surface area contributed by atoms with Crippen LogP contribution in [0, 0.1) is 18.6 Å². The molecule has 0 aliphatic carbocycles. The van der Waals surface area contributed by atoms with Gasteiger partial charge in [-0.1, -0.05) is 0 Å². The number of pyridine rings is 1. The summed E-state index contributed by atoms with van der Waals surface area (Å²) in [6.07, 6.45) is 1.63. The van der Waals surface area contributed by atoms with Gasteiger partial charge in [0.25, 0.3) is 0 Å². The van der Waals surface area contributed by atoms with Gasteiger partial charge in [0.2, 0.25) is 5.28 Å². The van der Waals surface area contributed by atoms with Crippen LogP contribution in [0.5, 0.6) is 0 Å². The molecule has 0 bridgehead atoms. The van der Waals surface area contributed by atoms with E-state index in [1.165, 1.54) is 12.1 Å². The Balaban J connectivity index is 1.78. The van der Waals surface area contributed by atoms with Crippen LogP contribution < -0.4 is 4.90 Å². The van der Waals surface area contributed by atoms with Crippen LogP contribution in [-0.4, -0.2) is 21.5 Å². The Labute approximate surface area is 148 Å². The molecule has 0 amide bonds. The van der Waals surface area contributed by atoms with Gasteiger partial charge in [-0.2, -0.15) is 0 Å². The van der Waals surface area contributed by atoms with Crippen LogP contribution in [0.4, 0.5) is 14.6 Å². The maximum Gasteiger partial charge on any atom is 0.223 e. The molecule has 3 heterocycles. The minimum Gasteiger partial charge on any atom is -0.349 e. The molecule has 0 radical (unpaired) electrons. The van der Waals surface area contributed by atoms with Crippen molar-refractivity contribution in [2.45, 2.75) is 25.8 Å². The van der Waals surface area contributed by atoms with E-state index in [2.05, 4.69) is 15.0 Å². The predicted octanol–water partition coefficient (Wildman–Crippen LogP) is 4.61. The predicted molar refractivity (Wildman–Crippen MR) is 92.8 cm³/mol. The van der Waals surface area contributed by atoms with E-state index in [0.29, 0.717) is 28.1 Å². The Morgan fingerprint density at radius 1 is 1.12 bits per heavy atom. The van der Waals surface area contributed by atoms with Crippen molar-refractivity contribution in [1.82, 2.24) is 15.0 Å². The topological polar surface area (TPSA) is 41.9 Å². The number of hydrogen-bond donors (Lipinski definition) is 0. The molecule has 1 unspecified atom stereocenters. The van der Waals surface area contributed by atoms with Crippen molar-refractivity contribution in [2.75, 3.05) is 11.4 Å². The highest BCUT2D eigenvalue weighted by Crippen LogP contribution is 2.37. The van der Waals surface area contributed by atoms with Gasteiger partial charge in [-0.25, -0.2) is 23.7 Å².